The molecule has 2 heterocycles. The van der Waals surface area contributed by atoms with Gasteiger partial charge in [-0.05, 0) is 55.1 Å². The second kappa shape index (κ2) is 9.76. The van der Waals surface area contributed by atoms with Crippen LogP contribution in [-0.4, -0.2) is 27.1 Å². The minimum Gasteiger partial charge on any atom is -0.508 e. The van der Waals surface area contributed by atoms with Crippen LogP contribution in [0.5, 0.6) is 5.75 Å². The number of phenolic OH excluding ortho intramolecular Hbond substituents is 1. The van der Waals surface area contributed by atoms with Gasteiger partial charge in [-0.25, -0.2) is 0 Å². The number of pyridine rings is 1. The van der Waals surface area contributed by atoms with E-state index in [-0.39, 0.29) is 5.75 Å². The highest BCUT2D eigenvalue weighted by Crippen LogP contribution is 2.21. The van der Waals surface area contributed by atoms with Gasteiger partial charge < -0.3 is 15.0 Å². The maximum absolute atomic E-state index is 12.1. The monoisotopic (exact) mass is 367 g/mol. The van der Waals surface area contributed by atoms with Crippen molar-refractivity contribution in [2.45, 2.75) is 45.0 Å². The lowest BCUT2D eigenvalue weighted by molar-refractivity contribution is -0.121. The third-order valence-electron chi connectivity index (χ3n) is 4.49. The molecule has 0 saturated heterocycles. The lowest BCUT2D eigenvalue weighted by Gasteiger charge is -2.07. The highest BCUT2D eigenvalue weighted by Gasteiger charge is 2.03. The summed E-state index contributed by atoms with van der Waals surface area (Å²) in [6.45, 7) is 1.45. The molecule has 1 amide bonds. The Bertz CT molecular complexity index is 930. The van der Waals surface area contributed by atoms with Crippen LogP contribution in [0, 0.1) is 0 Å². The molecule has 2 aromatic heterocycles. The SMILES string of the molecule is [2H]C(C(=O)NCCCCCCn1ccc2cc(O)ccc21)C([2H])c1cccnc1. The van der Waals surface area contributed by atoms with Crippen molar-refractivity contribution >= 4 is 16.8 Å². The second-order valence-corrected chi connectivity index (χ2v) is 6.58. The van der Waals surface area contributed by atoms with Gasteiger partial charge in [-0.15, -0.1) is 0 Å². The number of nitrogens with zero attached hydrogens (tertiary/aromatic N) is 2. The fourth-order valence-electron chi connectivity index (χ4n) is 3.06. The van der Waals surface area contributed by atoms with E-state index in [0.717, 1.165) is 43.1 Å². The van der Waals surface area contributed by atoms with Crippen molar-refractivity contribution in [3.05, 3.63) is 60.6 Å². The summed E-state index contributed by atoms with van der Waals surface area (Å²) < 4.78 is 18.2. The van der Waals surface area contributed by atoms with Crippen LogP contribution >= 0.6 is 0 Å². The molecule has 0 fully saturated rings. The molecule has 2 atom stereocenters. The number of aryl methyl sites for hydroxylation is 2. The molecule has 0 bridgehead atoms. The van der Waals surface area contributed by atoms with Gasteiger partial charge in [0.2, 0.25) is 5.91 Å². The number of unbranched alkanes of at least 4 members (excludes halogenated alkanes) is 3. The van der Waals surface area contributed by atoms with Crippen LogP contribution in [0.2, 0.25) is 0 Å². The van der Waals surface area contributed by atoms with E-state index in [1.807, 2.05) is 18.3 Å². The molecule has 3 aromatic rings. The van der Waals surface area contributed by atoms with Crippen LogP contribution in [0.25, 0.3) is 10.9 Å². The van der Waals surface area contributed by atoms with Gasteiger partial charge in [-0.1, -0.05) is 18.9 Å². The fourth-order valence-corrected chi connectivity index (χ4v) is 3.06. The Hall–Kier alpha value is -2.82. The van der Waals surface area contributed by atoms with Gasteiger partial charge >= 0.3 is 0 Å². The summed E-state index contributed by atoms with van der Waals surface area (Å²) >= 11 is 0. The van der Waals surface area contributed by atoms with Gasteiger partial charge in [-0.3, -0.25) is 9.78 Å². The molecule has 5 heteroatoms. The lowest BCUT2D eigenvalue weighted by atomic mass is 10.1. The highest BCUT2D eigenvalue weighted by molar-refractivity contribution is 5.81. The van der Waals surface area contributed by atoms with Gasteiger partial charge in [0, 0.05) is 51.7 Å². The molecule has 27 heavy (non-hydrogen) atoms. The number of carbonyl (C=O) groups excluding carboxylic acids is 1. The number of rotatable bonds is 10. The molecule has 0 aliphatic rings. The summed E-state index contributed by atoms with van der Waals surface area (Å²) in [5, 5.41) is 13.3. The molecule has 5 nitrogen and oxygen atoms in total. The zero-order valence-electron chi connectivity index (χ0n) is 17.3. The summed E-state index contributed by atoms with van der Waals surface area (Å²) in [6, 6.07) is 10.8. The fraction of sp³-hybridized carbons (Fsp3) is 0.364. The molecule has 3 rings (SSSR count). The Balaban J connectivity index is 1.32. The van der Waals surface area contributed by atoms with Crippen molar-refractivity contribution in [3.8, 4) is 5.75 Å². The molecule has 0 saturated carbocycles. The summed E-state index contributed by atoms with van der Waals surface area (Å²) in [4.78, 5) is 16.0. The summed E-state index contributed by atoms with van der Waals surface area (Å²) in [7, 11) is 0. The van der Waals surface area contributed by atoms with E-state index in [1.165, 1.54) is 6.20 Å². The van der Waals surface area contributed by atoms with Gasteiger partial charge in [0.15, 0.2) is 0 Å². The van der Waals surface area contributed by atoms with Crippen LogP contribution in [0.3, 0.4) is 0 Å². The molecule has 142 valence electrons. The number of aromatic nitrogens is 2. The molecule has 0 radical (unpaired) electrons. The largest absolute Gasteiger partial charge is 0.508 e. The molecule has 0 spiro atoms. The van der Waals surface area contributed by atoms with Crippen molar-refractivity contribution in [1.82, 2.24) is 14.9 Å². The minimum atomic E-state index is -1.15. The smallest absolute Gasteiger partial charge is 0.220 e. The van der Waals surface area contributed by atoms with Gasteiger partial charge in [-0.2, -0.15) is 0 Å². The first-order chi connectivity index (χ1) is 14.1. The number of hydrogen-bond acceptors (Lipinski definition) is 3. The van der Waals surface area contributed by atoms with Gasteiger partial charge in [0.05, 0.1) is 0 Å². The van der Waals surface area contributed by atoms with E-state index in [4.69, 9.17) is 2.74 Å². The molecule has 2 unspecified atom stereocenters. The van der Waals surface area contributed by atoms with E-state index in [1.54, 1.807) is 30.5 Å². The number of phenols is 1. The predicted octanol–water partition coefficient (Wildman–Crippen LogP) is 4.05. The number of aromatic hydroxyl groups is 1. The van der Waals surface area contributed by atoms with E-state index < -0.39 is 18.7 Å². The highest BCUT2D eigenvalue weighted by atomic mass is 16.3. The first-order valence-electron chi connectivity index (χ1n) is 10.5. The third-order valence-corrected chi connectivity index (χ3v) is 4.49. The first kappa shape index (κ1) is 16.4. The van der Waals surface area contributed by atoms with E-state index >= 15 is 0 Å². The number of fused-ring (bicyclic) bond motifs is 1. The zero-order valence-corrected chi connectivity index (χ0v) is 15.3. The number of nitrogens with one attached hydrogen (secondary N) is 1. The summed E-state index contributed by atoms with van der Waals surface area (Å²) in [6.07, 6.45) is 7.04. The third kappa shape index (κ3) is 5.84. The Morgan fingerprint density at radius 3 is 2.93 bits per heavy atom. The molecule has 2 N–H and O–H groups in total. The minimum absolute atomic E-state index is 0.282. The van der Waals surface area contributed by atoms with Crippen LogP contribution in [-0.2, 0) is 17.7 Å². The molecular weight excluding hydrogens is 338 g/mol. The molecule has 0 aliphatic carbocycles. The topological polar surface area (TPSA) is 67.2 Å². The Morgan fingerprint density at radius 2 is 2.07 bits per heavy atom. The van der Waals surface area contributed by atoms with E-state index in [0.29, 0.717) is 12.1 Å². The maximum Gasteiger partial charge on any atom is 0.220 e. The predicted molar refractivity (Wildman–Crippen MR) is 108 cm³/mol. The molecule has 1 aromatic carbocycles. The van der Waals surface area contributed by atoms with E-state index in [9.17, 15) is 9.90 Å². The zero-order chi connectivity index (χ0) is 20.6. The van der Waals surface area contributed by atoms with Gasteiger partial charge in [0.25, 0.3) is 0 Å². The van der Waals surface area contributed by atoms with Crippen LogP contribution in [0.4, 0.5) is 0 Å². The average molecular weight is 367 g/mol. The normalized spacial score (nSPS) is 14.4. The Labute approximate surface area is 162 Å². The van der Waals surface area contributed by atoms with Crippen molar-refractivity contribution in [2.24, 2.45) is 0 Å². The Morgan fingerprint density at radius 1 is 1.19 bits per heavy atom. The van der Waals surface area contributed by atoms with Crippen LogP contribution in [0.15, 0.2) is 55.0 Å². The Kier molecular flexibility index (Phi) is 5.91. The van der Waals surface area contributed by atoms with Crippen molar-refractivity contribution in [3.63, 3.8) is 0 Å². The summed E-state index contributed by atoms with van der Waals surface area (Å²) in [5.41, 5.74) is 1.70. The number of carbonyl (C=O) groups is 1. The van der Waals surface area contributed by atoms with Crippen molar-refractivity contribution in [1.29, 1.82) is 0 Å². The lowest BCUT2D eigenvalue weighted by Crippen LogP contribution is -2.24. The maximum atomic E-state index is 12.1. The van der Waals surface area contributed by atoms with Crippen LogP contribution in [0.1, 0.15) is 40.4 Å². The number of benzene rings is 1. The van der Waals surface area contributed by atoms with Crippen molar-refractivity contribution < 1.29 is 12.6 Å². The van der Waals surface area contributed by atoms with E-state index in [2.05, 4.69) is 14.9 Å². The van der Waals surface area contributed by atoms with Gasteiger partial charge in [0.1, 0.15) is 5.75 Å². The summed E-state index contributed by atoms with van der Waals surface area (Å²) in [5.74, 6) is -0.125. The number of amides is 1. The quantitative estimate of drug-likeness (QED) is 0.531. The second-order valence-electron chi connectivity index (χ2n) is 6.58. The standard InChI is InChI=1S/C22H27N3O2/c26-20-8-9-21-19(16-20)11-15-25(21)14-4-2-1-3-13-24-22(27)10-7-18-6-5-12-23-17-18/h5-6,8-9,11-12,15-17,26H,1-4,7,10,13-14H2,(H,24,27)/i7D,10D. The molecular formula is C22H27N3O2. The first-order valence-corrected chi connectivity index (χ1v) is 9.36. The molecule has 0 aliphatic heterocycles. The van der Waals surface area contributed by atoms with Crippen molar-refractivity contribution in [2.75, 3.05) is 6.54 Å². The number of hydrogen-bond donors (Lipinski definition) is 2. The average Bonchev–Trinajstić information content (AvgIpc) is 3.14. The van der Waals surface area contributed by atoms with Crippen LogP contribution < -0.4 is 5.32 Å².